The number of halogens is 3. The molecule has 2 rings (SSSR count). The lowest BCUT2D eigenvalue weighted by atomic mass is 10.1. The number of rotatable bonds is 4. The second-order valence-corrected chi connectivity index (χ2v) is 5.19. The minimum atomic E-state index is -4.36. The van der Waals surface area contributed by atoms with E-state index in [2.05, 4.69) is 5.10 Å². The van der Waals surface area contributed by atoms with Crippen molar-refractivity contribution in [3.63, 3.8) is 0 Å². The van der Waals surface area contributed by atoms with Gasteiger partial charge in [-0.2, -0.15) is 18.3 Å². The van der Waals surface area contributed by atoms with Gasteiger partial charge >= 0.3 is 6.18 Å². The number of methoxy groups -OCH3 is 1. The van der Waals surface area contributed by atoms with E-state index < -0.39 is 11.7 Å². The van der Waals surface area contributed by atoms with Crippen LogP contribution in [-0.2, 0) is 12.7 Å². The van der Waals surface area contributed by atoms with Crippen LogP contribution in [0.15, 0.2) is 24.3 Å². The lowest BCUT2D eigenvalue weighted by Crippen LogP contribution is -2.06. The molecule has 0 spiro atoms. The molecule has 7 heteroatoms. The highest BCUT2D eigenvalue weighted by atomic mass is 19.4. The summed E-state index contributed by atoms with van der Waals surface area (Å²) in [5.41, 5.74) is 7.08. The van der Waals surface area contributed by atoms with Crippen molar-refractivity contribution in [2.75, 3.05) is 7.11 Å². The fourth-order valence-electron chi connectivity index (χ4n) is 2.28. The van der Waals surface area contributed by atoms with Gasteiger partial charge < -0.3 is 10.5 Å². The zero-order valence-corrected chi connectivity index (χ0v) is 12.6. The number of alkyl halides is 3. The summed E-state index contributed by atoms with van der Waals surface area (Å²) in [4.78, 5) is 0. The Labute approximate surface area is 126 Å². The van der Waals surface area contributed by atoms with E-state index in [9.17, 15) is 13.2 Å². The summed E-state index contributed by atoms with van der Waals surface area (Å²) in [7, 11) is 1.49. The Bertz CT molecular complexity index is 645. The molecule has 1 aromatic carbocycles. The van der Waals surface area contributed by atoms with Crippen LogP contribution < -0.4 is 10.5 Å². The quantitative estimate of drug-likeness (QED) is 0.940. The standard InChI is InChI=1S/C15H18F3N3O/c1-9(2)13-12(8-19)14(22-3)21(20-13)11-6-4-10(5-7-11)15(16,17)18/h4-7,9H,8,19H2,1-3H3. The van der Waals surface area contributed by atoms with Gasteiger partial charge in [0.1, 0.15) is 0 Å². The minimum absolute atomic E-state index is 0.128. The summed E-state index contributed by atoms with van der Waals surface area (Å²) in [6.45, 7) is 4.19. The first-order valence-electron chi connectivity index (χ1n) is 6.83. The highest BCUT2D eigenvalue weighted by Crippen LogP contribution is 2.32. The van der Waals surface area contributed by atoms with Crippen LogP contribution >= 0.6 is 0 Å². The van der Waals surface area contributed by atoms with Crippen LogP contribution in [0, 0.1) is 0 Å². The van der Waals surface area contributed by atoms with Crippen LogP contribution in [0.3, 0.4) is 0 Å². The van der Waals surface area contributed by atoms with Crippen molar-refractivity contribution < 1.29 is 17.9 Å². The van der Waals surface area contributed by atoms with Gasteiger partial charge in [-0.3, -0.25) is 0 Å². The van der Waals surface area contributed by atoms with Crippen molar-refractivity contribution >= 4 is 0 Å². The van der Waals surface area contributed by atoms with Crippen LogP contribution in [0.5, 0.6) is 5.88 Å². The molecule has 0 unspecified atom stereocenters. The maximum absolute atomic E-state index is 12.6. The Hall–Kier alpha value is -2.02. The van der Waals surface area contributed by atoms with Gasteiger partial charge in [0, 0.05) is 6.54 Å². The molecule has 0 bridgehead atoms. The molecule has 2 aromatic rings. The third-order valence-electron chi connectivity index (χ3n) is 3.35. The van der Waals surface area contributed by atoms with Gasteiger partial charge in [-0.15, -0.1) is 0 Å². The molecule has 22 heavy (non-hydrogen) atoms. The topological polar surface area (TPSA) is 53.1 Å². The third kappa shape index (κ3) is 2.94. The van der Waals surface area contributed by atoms with Crippen molar-refractivity contribution in [2.45, 2.75) is 32.5 Å². The van der Waals surface area contributed by atoms with Crippen molar-refractivity contribution in [3.8, 4) is 11.6 Å². The van der Waals surface area contributed by atoms with Crippen molar-refractivity contribution in [1.29, 1.82) is 0 Å². The smallest absolute Gasteiger partial charge is 0.416 e. The van der Waals surface area contributed by atoms with E-state index in [0.29, 0.717) is 11.6 Å². The average Bonchev–Trinajstić information content (AvgIpc) is 2.85. The number of nitrogens with two attached hydrogens (primary N) is 1. The van der Waals surface area contributed by atoms with E-state index in [-0.39, 0.29) is 12.5 Å². The van der Waals surface area contributed by atoms with E-state index in [0.717, 1.165) is 23.4 Å². The molecule has 1 heterocycles. The molecule has 120 valence electrons. The molecule has 1 aromatic heterocycles. The van der Waals surface area contributed by atoms with E-state index >= 15 is 0 Å². The maximum atomic E-state index is 12.6. The van der Waals surface area contributed by atoms with Gasteiger partial charge in [0.15, 0.2) is 0 Å². The van der Waals surface area contributed by atoms with Crippen LogP contribution in [0.2, 0.25) is 0 Å². The van der Waals surface area contributed by atoms with Gasteiger partial charge in [0.25, 0.3) is 0 Å². The Morgan fingerprint density at radius 3 is 2.23 bits per heavy atom. The Balaban J connectivity index is 2.52. The average molecular weight is 313 g/mol. The molecule has 0 saturated carbocycles. The summed E-state index contributed by atoms with van der Waals surface area (Å²) >= 11 is 0. The fraction of sp³-hybridized carbons (Fsp3) is 0.400. The molecule has 0 atom stereocenters. The summed E-state index contributed by atoms with van der Waals surface area (Å²) in [5.74, 6) is 0.578. The van der Waals surface area contributed by atoms with Gasteiger partial charge in [-0.25, -0.2) is 4.68 Å². The summed E-state index contributed by atoms with van der Waals surface area (Å²) in [6, 6.07) is 4.77. The number of benzene rings is 1. The van der Waals surface area contributed by atoms with Crippen molar-refractivity contribution in [3.05, 3.63) is 41.1 Å². The first-order chi connectivity index (χ1) is 10.3. The Morgan fingerprint density at radius 1 is 1.23 bits per heavy atom. The molecule has 0 aliphatic rings. The molecular formula is C15H18F3N3O. The van der Waals surface area contributed by atoms with Crippen molar-refractivity contribution in [2.24, 2.45) is 5.73 Å². The second-order valence-electron chi connectivity index (χ2n) is 5.19. The predicted octanol–water partition coefficient (Wildman–Crippen LogP) is 3.48. The molecule has 0 fully saturated rings. The molecule has 2 N–H and O–H groups in total. The molecule has 0 aliphatic heterocycles. The predicted molar refractivity (Wildman–Crippen MR) is 77.1 cm³/mol. The highest BCUT2D eigenvalue weighted by molar-refractivity contribution is 5.43. The largest absolute Gasteiger partial charge is 0.481 e. The molecule has 0 amide bonds. The maximum Gasteiger partial charge on any atom is 0.416 e. The lowest BCUT2D eigenvalue weighted by molar-refractivity contribution is -0.137. The van der Waals surface area contributed by atoms with Gasteiger partial charge in [-0.05, 0) is 30.2 Å². The Morgan fingerprint density at radius 2 is 1.82 bits per heavy atom. The monoisotopic (exact) mass is 313 g/mol. The fourth-order valence-corrected chi connectivity index (χ4v) is 2.28. The van der Waals surface area contributed by atoms with E-state index in [1.165, 1.54) is 23.9 Å². The number of hydrogen-bond donors (Lipinski definition) is 1. The molecule has 4 nitrogen and oxygen atoms in total. The lowest BCUT2D eigenvalue weighted by Gasteiger charge is -2.10. The highest BCUT2D eigenvalue weighted by Gasteiger charge is 2.30. The first kappa shape index (κ1) is 16.4. The number of nitrogens with zero attached hydrogens (tertiary/aromatic N) is 2. The zero-order chi connectivity index (χ0) is 16.5. The van der Waals surface area contributed by atoms with E-state index in [4.69, 9.17) is 10.5 Å². The minimum Gasteiger partial charge on any atom is -0.481 e. The summed E-state index contributed by atoms with van der Waals surface area (Å²) in [5, 5.41) is 4.44. The van der Waals surface area contributed by atoms with Gasteiger partial charge in [-0.1, -0.05) is 13.8 Å². The van der Waals surface area contributed by atoms with Gasteiger partial charge in [0.2, 0.25) is 5.88 Å². The van der Waals surface area contributed by atoms with Crippen LogP contribution in [-0.4, -0.2) is 16.9 Å². The van der Waals surface area contributed by atoms with Crippen molar-refractivity contribution in [1.82, 2.24) is 9.78 Å². The number of aromatic nitrogens is 2. The zero-order valence-electron chi connectivity index (χ0n) is 12.6. The van der Waals surface area contributed by atoms with Crippen LogP contribution in [0.4, 0.5) is 13.2 Å². The summed E-state index contributed by atoms with van der Waals surface area (Å²) < 4.78 is 44.7. The second kappa shape index (κ2) is 6.00. The summed E-state index contributed by atoms with van der Waals surface area (Å²) in [6.07, 6.45) is -4.36. The molecule has 0 saturated heterocycles. The van der Waals surface area contributed by atoms with Crippen LogP contribution in [0.1, 0.15) is 36.6 Å². The van der Waals surface area contributed by atoms with Crippen LogP contribution in [0.25, 0.3) is 5.69 Å². The molecule has 0 radical (unpaired) electrons. The normalized spacial score (nSPS) is 12.0. The van der Waals surface area contributed by atoms with Gasteiger partial charge in [0.05, 0.1) is 29.6 Å². The molecular weight excluding hydrogens is 295 g/mol. The Kier molecular flexibility index (Phi) is 4.46. The number of hydrogen-bond acceptors (Lipinski definition) is 3. The molecule has 0 aliphatic carbocycles. The first-order valence-corrected chi connectivity index (χ1v) is 6.83. The van der Waals surface area contributed by atoms with E-state index in [1.807, 2.05) is 13.8 Å². The number of ether oxygens (including phenoxy) is 1. The van der Waals surface area contributed by atoms with E-state index in [1.54, 1.807) is 0 Å². The third-order valence-corrected chi connectivity index (χ3v) is 3.35. The SMILES string of the molecule is COc1c(CN)c(C(C)C)nn1-c1ccc(C(F)(F)F)cc1.